The molecule has 0 aliphatic carbocycles. The van der Waals surface area contributed by atoms with Gasteiger partial charge in [0.1, 0.15) is 20.1 Å². The predicted octanol–water partition coefficient (Wildman–Crippen LogP) is 6.44. The maximum absolute atomic E-state index is 4.56. The van der Waals surface area contributed by atoms with Crippen molar-refractivity contribution in [2.75, 3.05) is 23.0 Å². The minimum Gasteiger partial charge on any atom is -0.142 e. The second-order valence-electron chi connectivity index (χ2n) is 6.81. The number of thioether (sulfide) groups is 4. The van der Waals surface area contributed by atoms with E-state index in [0.717, 1.165) is 56.0 Å². The Hall–Kier alpha value is -1.48. The van der Waals surface area contributed by atoms with E-state index in [1.807, 2.05) is 0 Å². The van der Waals surface area contributed by atoms with Crippen LogP contribution in [0.4, 0.5) is 0 Å². The van der Waals surface area contributed by atoms with Gasteiger partial charge in [-0.15, -0.1) is 67.4 Å². The summed E-state index contributed by atoms with van der Waals surface area (Å²) in [6.07, 6.45) is 2.16. The highest BCUT2D eigenvalue weighted by Gasteiger charge is 2.13. The molecule has 0 amide bonds. The fourth-order valence-electron chi connectivity index (χ4n) is 3.33. The number of hydrogen-bond acceptors (Lipinski definition) is 8. The number of fused-ring (bicyclic) bond motifs is 10. The lowest BCUT2D eigenvalue weighted by molar-refractivity contribution is 0.879. The molecule has 152 valence electrons. The standard InChI is InChI=1S/C22H20N4S4/c1-2-8-16-15(7-1)19-23-24-20(16)28-12-6-14-30-22-18-10-4-3-9-17(18)21(25-26-22)29-13-5-11-27-19/h1-4,7-10H,5-6,11-14H2. The molecule has 0 saturated carbocycles. The van der Waals surface area contributed by atoms with Crippen LogP contribution in [-0.2, 0) is 0 Å². The Morgan fingerprint density at radius 3 is 0.967 bits per heavy atom. The molecule has 0 fully saturated rings. The van der Waals surface area contributed by atoms with Gasteiger partial charge in [0.25, 0.3) is 0 Å². The molecule has 0 N–H and O–H groups in total. The molecule has 0 saturated heterocycles. The molecule has 2 aliphatic heterocycles. The minimum absolute atomic E-state index is 1.01. The maximum atomic E-state index is 4.56. The molecule has 4 nitrogen and oxygen atoms in total. The molecule has 2 aromatic heterocycles. The number of benzene rings is 2. The lowest BCUT2D eigenvalue weighted by atomic mass is 10.2. The third-order valence-corrected chi connectivity index (χ3v) is 9.04. The SMILES string of the molecule is c1ccc2c3nnc(c2c1)SCCCSc1nnc(c2ccccc12)SCCCS3. The zero-order valence-electron chi connectivity index (χ0n) is 16.3. The number of nitrogens with zero attached hydrogens (tertiary/aromatic N) is 4. The van der Waals surface area contributed by atoms with Crippen LogP contribution in [0.5, 0.6) is 0 Å². The normalized spacial score (nSPS) is 16.0. The molecule has 6 rings (SSSR count). The Bertz CT molecular complexity index is 1000. The summed E-state index contributed by atoms with van der Waals surface area (Å²) in [7, 11) is 0. The molecule has 30 heavy (non-hydrogen) atoms. The molecule has 0 spiro atoms. The molecular formula is C22H20N4S4. The smallest absolute Gasteiger partial charge is 0.127 e. The van der Waals surface area contributed by atoms with Gasteiger partial charge in [0.15, 0.2) is 0 Å². The molecule has 2 aromatic carbocycles. The fourth-order valence-corrected chi connectivity index (χ4v) is 7.35. The Labute approximate surface area is 192 Å². The van der Waals surface area contributed by atoms with E-state index in [0.29, 0.717) is 0 Å². The zero-order valence-corrected chi connectivity index (χ0v) is 19.5. The first kappa shape index (κ1) is 20.4. The fraction of sp³-hybridized carbons (Fsp3) is 0.273. The van der Waals surface area contributed by atoms with Gasteiger partial charge in [0.2, 0.25) is 0 Å². The van der Waals surface area contributed by atoms with Gasteiger partial charge >= 0.3 is 0 Å². The molecule has 0 atom stereocenters. The van der Waals surface area contributed by atoms with Gasteiger partial charge in [-0.25, -0.2) is 0 Å². The van der Waals surface area contributed by atoms with E-state index in [4.69, 9.17) is 0 Å². The second-order valence-corrected chi connectivity index (χ2v) is 11.1. The van der Waals surface area contributed by atoms with E-state index in [-0.39, 0.29) is 0 Å². The highest BCUT2D eigenvalue weighted by molar-refractivity contribution is 8.01. The van der Waals surface area contributed by atoms with Crippen molar-refractivity contribution in [3.63, 3.8) is 0 Å². The summed E-state index contributed by atoms with van der Waals surface area (Å²) in [6.45, 7) is 0. The van der Waals surface area contributed by atoms with E-state index in [2.05, 4.69) is 68.9 Å². The molecule has 2 aliphatic rings. The first-order chi connectivity index (χ1) is 14.9. The van der Waals surface area contributed by atoms with Crippen LogP contribution >= 0.6 is 47.0 Å². The van der Waals surface area contributed by atoms with Crippen LogP contribution in [-0.4, -0.2) is 43.4 Å². The summed E-state index contributed by atoms with van der Waals surface area (Å²) >= 11 is 7.20. The first-order valence-electron chi connectivity index (χ1n) is 9.92. The average Bonchev–Trinajstić information content (AvgIpc) is 2.80. The average molecular weight is 469 g/mol. The predicted molar refractivity (Wildman–Crippen MR) is 131 cm³/mol. The van der Waals surface area contributed by atoms with Crippen molar-refractivity contribution in [1.29, 1.82) is 0 Å². The van der Waals surface area contributed by atoms with Gasteiger partial charge in [-0.1, -0.05) is 48.5 Å². The molecule has 0 unspecified atom stereocenters. The van der Waals surface area contributed by atoms with Crippen molar-refractivity contribution in [2.45, 2.75) is 32.9 Å². The summed E-state index contributed by atoms with van der Waals surface area (Å²) < 4.78 is 0. The van der Waals surface area contributed by atoms with Crippen LogP contribution in [0.2, 0.25) is 0 Å². The van der Waals surface area contributed by atoms with Crippen LogP contribution in [0.15, 0.2) is 68.6 Å². The number of aromatic nitrogens is 4. The molecule has 8 heteroatoms. The van der Waals surface area contributed by atoms with Crippen molar-refractivity contribution >= 4 is 68.6 Å². The Morgan fingerprint density at radius 2 is 0.700 bits per heavy atom. The molecule has 4 heterocycles. The summed E-state index contributed by atoms with van der Waals surface area (Å²) in [5.41, 5.74) is 0. The van der Waals surface area contributed by atoms with E-state index in [1.54, 1.807) is 47.0 Å². The minimum atomic E-state index is 1.01. The summed E-state index contributed by atoms with van der Waals surface area (Å²) in [5.74, 6) is 4.05. The van der Waals surface area contributed by atoms with Crippen molar-refractivity contribution in [3.8, 4) is 0 Å². The zero-order chi connectivity index (χ0) is 20.2. The Morgan fingerprint density at radius 1 is 0.433 bits per heavy atom. The van der Waals surface area contributed by atoms with E-state index in [9.17, 15) is 0 Å². The lowest BCUT2D eigenvalue weighted by Crippen LogP contribution is -1.97. The topological polar surface area (TPSA) is 51.6 Å². The quantitative estimate of drug-likeness (QED) is 0.292. The Kier molecular flexibility index (Phi) is 6.65. The second kappa shape index (κ2) is 9.77. The van der Waals surface area contributed by atoms with E-state index in [1.165, 1.54) is 21.5 Å². The van der Waals surface area contributed by atoms with Crippen LogP contribution in [0.25, 0.3) is 21.5 Å². The van der Waals surface area contributed by atoms with Crippen LogP contribution in [0.3, 0.4) is 0 Å². The van der Waals surface area contributed by atoms with Gasteiger partial charge < -0.3 is 0 Å². The monoisotopic (exact) mass is 468 g/mol. The van der Waals surface area contributed by atoms with E-state index >= 15 is 0 Å². The first-order valence-corrected chi connectivity index (χ1v) is 13.9. The molecule has 4 aromatic rings. The van der Waals surface area contributed by atoms with Crippen molar-refractivity contribution in [3.05, 3.63) is 48.5 Å². The van der Waals surface area contributed by atoms with Crippen molar-refractivity contribution in [1.82, 2.24) is 20.4 Å². The third-order valence-electron chi connectivity index (χ3n) is 4.77. The van der Waals surface area contributed by atoms with Gasteiger partial charge in [0.05, 0.1) is 0 Å². The summed E-state index contributed by atoms with van der Waals surface area (Å²) in [6, 6.07) is 17.0. The van der Waals surface area contributed by atoms with Gasteiger partial charge in [-0.2, -0.15) is 0 Å². The molecule has 0 radical (unpaired) electrons. The van der Waals surface area contributed by atoms with E-state index < -0.39 is 0 Å². The third kappa shape index (κ3) is 4.42. The maximum Gasteiger partial charge on any atom is 0.127 e. The van der Waals surface area contributed by atoms with Gasteiger partial charge in [-0.05, 0) is 12.8 Å². The van der Waals surface area contributed by atoms with Crippen LogP contribution < -0.4 is 0 Å². The number of hydrogen-bond donors (Lipinski definition) is 0. The summed E-state index contributed by atoms with van der Waals surface area (Å²) in [4.78, 5) is 0. The van der Waals surface area contributed by atoms with Crippen LogP contribution in [0, 0.1) is 0 Å². The number of rotatable bonds is 0. The molecular weight excluding hydrogens is 449 g/mol. The van der Waals surface area contributed by atoms with Crippen LogP contribution in [0.1, 0.15) is 12.8 Å². The van der Waals surface area contributed by atoms with Crippen molar-refractivity contribution < 1.29 is 0 Å². The van der Waals surface area contributed by atoms with Crippen molar-refractivity contribution in [2.24, 2.45) is 0 Å². The highest BCUT2D eigenvalue weighted by Crippen LogP contribution is 2.35. The molecule has 4 bridgehead atoms. The largest absolute Gasteiger partial charge is 0.142 e. The summed E-state index contributed by atoms with van der Waals surface area (Å²) in [5, 5.41) is 27.2. The lowest BCUT2D eigenvalue weighted by Gasteiger charge is -2.11. The van der Waals surface area contributed by atoms with Gasteiger partial charge in [-0.3, -0.25) is 0 Å². The highest BCUT2D eigenvalue weighted by atomic mass is 32.2. The van der Waals surface area contributed by atoms with Gasteiger partial charge in [0, 0.05) is 44.6 Å². The Balaban J connectivity index is 1.43.